The van der Waals surface area contributed by atoms with E-state index in [1.807, 2.05) is 56.3 Å². The quantitative estimate of drug-likeness (QED) is 0.400. The number of amides is 3. The van der Waals surface area contributed by atoms with Gasteiger partial charge in [-0.15, -0.1) is 5.10 Å². The van der Waals surface area contributed by atoms with Gasteiger partial charge in [0.25, 0.3) is 0 Å². The number of rotatable bonds is 8. The molecule has 0 radical (unpaired) electrons. The van der Waals surface area contributed by atoms with Gasteiger partial charge in [0.1, 0.15) is 23.8 Å². The van der Waals surface area contributed by atoms with Gasteiger partial charge < -0.3 is 25.4 Å². The lowest BCUT2D eigenvalue weighted by molar-refractivity contribution is -0.146. The van der Waals surface area contributed by atoms with Crippen LogP contribution in [-0.2, 0) is 25.8 Å². The van der Waals surface area contributed by atoms with Crippen LogP contribution >= 0.6 is 0 Å². The van der Waals surface area contributed by atoms with Crippen LogP contribution in [0.3, 0.4) is 0 Å². The van der Waals surface area contributed by atoms with E-state index in [-0.39, 0.29) is 31.0 Å². The first-order chi connectivity index (χ1) is 18.9. The highest BCUT2D eigenvalue weighted by Crippen LogP contribution is 2.59. The van der Waals surface area contributed by atoms with E-state index in [4.69, 9.17) is 4.74 Å². The minimum absolute atomic E-state index is 0.0471. The third-order valence-electron chi connectivity index (χ3n) is 8.47. The van der Waals surface area contributed by atoms with Crippen molar-refractivity contribution < 1.29 is 24.2 Å². The summed E-state index contributed by atoms with van der Waals surface area (Å²) in [4.78, 5) is 43.1. The summed E-state index contributed by atoms with van der Waals surface area (Å²) in [6.45, 7) is 3.53. The summed E-state index contributed by atoms with van der Waals surface area (Å²) in [5.41, 5.74) is 0.941. The number of likely N-dealkylation sites (tertiary alicyclic amines) is 1. The standard InChI is InChI=1S/C28H32N6O5/c1-16(2)20(14-35)34-24(26(37)29-15-33-19-11-7-6-10-18(19)31-32-33)28-13-12-21(39-28)22(23(28)27(34)38)25(36)30-17-8-4-3-5-9-17/h3-11,16,20-24,35H,12-15H2,1-2H3,(H,29,37)(H,30,36)/t20-,21+,22-,23-,24?,28?/m0/s1. The SMILES string of the molecule is CC(C)[C@H](CO)N1C(=O)[C@@H]2[C@@H](C(=O)Nc3ccccc3)[C@H]3CCC2(O3)C1C(=O)NCn1nnc2ccccc21. The van der Waals surface area contributed by atoms with Gasteiger partial charge in [0, 0.05) is 5.69 Å². The molecule has 3 N–H and O–H groups in total. The van der Waals surface area contributed by atoms with Gasteiger partial charge in [0.05, 0.1) is 36.1 Å². The first kappa shape index (κ1) is 25.4. The predicted octanol–water partition coefficient (Wildman–Crippen LogP) is 1.54. The van der Waals surface area contributed by atoms with Crippen molar-refractivity contribution in [3.8, 4) is 0 Å². The van der Waals surface area contributed by atoms with Gasteiger partial charge in [-0.05, 0) is 43.0 Å². The predicted molar refractivity (Wildman–Crippen MR) is 141 cm³/mol. The Hall–Kier alpha value is -3.83. The minimum Gasteiger partial charge on any atom is -0.394 e. The number of aliphatic hydroxyl groups is 1. The van der Waals surface area contributed by atoms with Crippen molar-refractivity contribution in [2.75, 3.05) is 11.9 Å². The van der Waals surface area contributed by atoms with Gasteiger partial charge in [-0.2, -0.15) is 0 Å². The fourth-order valence-electron chi connectivity index (χ4n) is 6.70. The number of anilines is 1. The van der Waals surface area contributed by atoms with Crippen LogP contribution in [0.1, 0.15) is 26.7 Å². The van der Waals surface area contributed by atoms with E-state index in [0.717, 1.165) is 5.52 Å². The van der Waals surface area contributed by atoms with Crippen LogP contribution in [-0.4, -0.2) is 73.1 Å². The molecular formula is C28H32N6O5. The lowest BCUT2D eigenvalue weighted by Gasteiger charge is -2.38. The van der Waals surface area contributed by atoms with Crippen LogP contribution in [0.5, 0.6) is 0 Å². The second kappa shape index (κ2) is 9.73. The maximum absolute atomic E-state index is 14.1. The van der Waals surface area contributed by atoms with E-state index in [2.05, 4.69) is 20.9 Å². The lowest BCUT2D eigenvalue weighted by atomic mass is 9.70. The second-order valence-electron chi connectivity index (χ2n) is 10.9. The second-order valence-corrected chi connectivity index (χ2v) is 10.9. The number of aromatic nitrogens is 3. The van der Waals surface area contributed by atoms with Crippen molar-refractivity contribution in [3.05, 3.63) is 54.6 Å². The molecule has 6 rings (SSSR count). The molecule has 2 bridgehead atoms. The van der Waals surface area contributed by atoms with E-state index in [1.165, 1.54) is 4.90 Å². The molecule has 39 heavy (non-hydrogen) atoms. The lowest BCUT2D eigenvalue weighted by Crippen LogP contribution is -2.59. The molecule has 6 atom stereocenters. The summed E-state index contributed by atoms with van der Waals surface area (Å²) in [5.74, 6) is -2.73. The van der Waals surface area contributed by atoms with E-state index in [0.29, 0.717) is 24.0 Å². The van der Waals surface area contributed by atoms with E-state index >= 15 is 0 Å². The summed E-state index contributed by atoms with van der Waals surface area (Å²) < 4.78 is 8.05. The average molecular weight is 533 g/mol. The highest BCUT2D eigenvalue weighted by atomic mass is 16.5. The number of benzene rings is 2. The molecule has 1 aromatic heterocycles. The normalized spacial score (nSPS) is 28.2. The van der Waals surface area contributed by atoms with Crippen LogP contribution in [0.2, 0.25) is 0 Å². The number of carbonyl (C=O) groups excluding carboxylic acids is 3. The Morgan fingerprint density at radius 1 is 1.13 bits per heavy atom. The van der Waals surface area contributed by atoms with Gasteiger partial charge in [-0.25, -0.2) is 4.68 Å². The Labute approximate surface area is 225 Å². The molecule has 204 valence electrons. The number of hydrogen-bond donors (Lipinski definition) is 3. The van der Waals surface area contributed by atoms with Crippen molar-refractivity contribution in [2.24, 2.45) is 17.8 Å². The summed E-state index contributed by atoms with van der Waals surface area (Å²) >= 11 is 0. The summed E-state index contributed by atoms with van der Waals surface area (Å²) in [6.07, 6.45) is 0.569. The first-order valence-electron chi connectivity index (χ1n) is 13.4. The first-order valence-corrected chi connectivity index (χ1v) is 13.4. The van der Waals surface area contributed by atoms with Gasteiger partial charge in [-0.1, -0.05) is 49.4 Å². The Balaban J connectivity index is 1.32. The largest absolute Gasteiger partial charge is 0.394 e. The van der Waals surface area contributed by atoms with Gasteiger partial charge in [0.2, 0.25) is 17.7 Å². The molecule has 1 spiro atoms. The fourth-order valence-corrected chi connectivity index (χ4v) is 6.70. The van der Waals surface area contributed by atoms with Gasteiger partial charge in [0.15, 0.2) is 0 Å². The van der Waals surface area contributed by atoms with Crippen LogP contribution in [0.25, 0.3) is 11.0 Å². The molecule has 3 aliphatic rings. The molecule has 11 heteroatoms. The molecule has 4 heterocycles. The van der Waals surface area contributed by atoms with Crippen LogP contribution in [0.4, 0.5) is 5.69 Å². The summed E-state index contributed by atoms with van der Waals surface area (Å²) in [7, 11) is 0. The minimum atomic E-state index is -1.16. The smallest absolute Gasteiger partial charge is 0.247 e. The zero-order valence-electron chi connectivity index (χ0n) is 21.9. The average Bonchev–Trinajstić information content (AvgIpc) is 3.68. The third-order valence-corrected chi connectivity index (χ3v) is 8.47. The molecule has 3 fully saturated rings. The fraction of sp³-hybridized carbons (Fsp3) is 0.464. The number of para-hydroxylation sites is 2. The van der Waals surface area contributed by atoms with Gasteiger partial charge >= 0.3 is 0 Å². The Kier molecular flexibility index (Phi) is 6.35. The molecule has 0 aliphatic carbocycles. The van der Waals surface area contributed by atoms with E-state index in [9.17, 15) is 19.5 Å². The molecular weight excluding hydrogens is 500 g/mol. The van der Waals surface area contributed by atoms with E-state index < -0.39 is 41.5 Å². The van der Waals surface area contributed by atoms with E-state index in [1.54, 1.807) is 16.8 Å². The Bertz CT molecular complexity index is 1410. The molecule has 11 nitrogen and oxygen atoms in total. The molecule has 3 amide bonds. The zero-order chi connectivity index (χ0) is 27.3. The van der Waals surface area contributed by atoms with Crippen molar-refractivity contribution >= 4 is 34.4 Å². The topological polar surface area (TPSA) is 139 Å². The zero-order valence-corrected chi connectivity index (χ0v) is 21.9. The molecule has 3 saturated heterocycles. The maximum atomic E-state index is 14.1. The highest BCUT2D eigenvalue weighted by molar-refractivity contribution is 6.02. The number of nitrogens with one attached hydrogen (secondary N) is 2. The van der Waals surface area contributed by atoms with Crippen molar-refractivity contribution in [1.29, 1.82) is 0 Å². The number of fused-ring (bicyclic) bond motifs is 2. The number of aliphatic hydroxyl groups excluding tert-OH is 1. The summed E-state index contributed by atoms with van der Waals surface area (Å²) in [6, 6.07) is 14.9. The van der Waals surface area contributed by atoms with Crippen molar-refractivity contribution in [1.82, 2.24) is 25.2 Å². The number of ether oxygens (including phenoxy) is 1. The molecule has 0 saturated carbocycles. The van der Waals surface area contributed by atoms with Crippen molar-refractivity contribution in [3.63, 3.8) is 0 Å². The Morgan fingerprint density at radius 3 is 2.62 bits per heavy atom. The Morgan fingerprint density at radius 2 is 1.87 bits per heavy atom. The number of nitrogens with zero attached hydrogens (tertiary/aromatic N) is 4. The maximum Gasteiger partial charge on any atom is 0.247 e. The number of hydrogen-bond acceptors (Lipinski definition) is 7. The molecule has 3 aliphatic heterocycles. The van der Waals surface area contributed by atoms with Crippen LogP contribution < -0.4 is 10.6 Å². The van der Waals surface area contributed by atoms with Crippen molar-refractivity contribution in [2.45, 2.75) is 57.1 Å². The molecule has 3 aromatic rings. The van der Waals surface area contributed by atoms with Crippen LogP contribution in [0, 0.1) is 17.8 Å². The number of carbonyl (C=O) groups is 3. The molecule has 2 unspecified atom stereocenters. The third kappa shape index (κ3) is 3.99. The monoisotopic (exact) mass is 532 g/mol. The summed E-state index contributed by atoms with van der Waals surface area (Å²) in [5, 5.41) is 24.4. The molecule has 2 aromatic carbocycles. The van der Waals surface area contributed by atoms with Gasteiger partial charge in [-0.3, -0.25) is 14.4 Å². The highest BCUT2D eigenvalue weighted by Gasteiger charge is 2.75. The van der Waals surface area contributed by atoms with Crippen LogP contribution in [0.15, 0.2) is 54.6 Å².